The van der Waals surface area contributed by atoms with Crippen molar-refractivity contribution >= 4 is 5.82 Å². The van der Waals surface area contributed by atoms with Gasteiger partial charge in [0.05, 0.1) is 13.1 Å². The Morgan fingerprint density at radius 2 is 1.88 bits per heavy atom. The highest BCUT2D eigenvalue weighted by Crippen LogP contribution is 2.39. The van der Waals surface area contributed by atoms with Crippen molar-refractivity contribution < 1.29 is 4.68 Å². The van der Waals surface area contributed by atoms with Gasteiger partial charge >= 0.3 is 0 Å². The summed E-state index contributed by atoms with van der Waals surface area (Å²) < 4.78 is 2.26. The van der Waals surface area contributed by atoms with Crippen LogP contribution in [0.3, 0.4) is 0 Å². The molecule has 0 spiro atoms. The molecule has 0 radical (unpaired) electrons. The Hall–Kier alpha value is -1.06. The monoisotopic (exact) mass is 221 g/mol. The van der Waals surface area contributed by atoms with Gasteiger partial charge in [-0.2, -0.15) is 4.68 Å². The largest absolute Gasteiger partial charge is 0.288 e. The van der Waals surface area contributed by atoms with Gasteiger partial charge in [-0.15, -0.1) is 5.21 Å². The van der Waals surface area contributed by atoms with Crippen molar-refractivity contribution in [3.8, 4) is 0 Å². The number of aromatic amines is 1. The van der Waals surface area contributed by atoms with Gasteiger partial charge in [-0.25, -0.2) is 0 Å². The number of nitrogens with zero attached hydrogens (tertiary/aromatic N) is 3. The molecule has 2 aliphatic heterocycles. The molecule has 16 heavy (non-hydrogen) atoms. The van der Waals surface area contributed by atoms with Crippen LogP contribution in [-0.4, -0.2) is 23.4 Å². The molecule has 0 unspecified atom stereocenters. The van der Waals surface area contributed by atoms with Gasteiger partial charge in [0.2, 0.25) is 5.69 Å². The molecule has 1 N–H and O–H groups in total. The molecule has 2 aliphatic rings. The van der Waals surface area contributed by atoms with E-state index in [1.165, 1.54) is 24.4 Å². The fourth-order valence-electron chi connectivity index (χ4n) is 2.85. The van der Waals surface area contributed by atoms with Crippen molar-refractivity contribution in [1.29, 1.82) is 0 Å². The van der Waals surface area contributed by atoms with E-state index in [9.17, 15) is 0 Å². The number of anilines is 1. The summed E-state index contributed by atoms with van der Waals surface area (Å²) in [4.78, 5) is 2.48. The molecule has 0 aliphatic carbocycles. The summed E-state index contributed by atoms with van der Waals surface area (Å²) >= 11 is 0. The lowest BCUT2D eigenvalue weighted by atomic mass is 9.81. The van der Waals surface area contributed by atoms with E-state index >= 15 is 0 Å². The minimum absolute atomic E-state index is 0.171. The van der Waals surface area contributed by atoms with Gasteiger partial charge in [0, 0.05) is 11.8 Å². The van der Waals surface area contributed by atoms with E-state index in [2.05, 4.69) is 47.6 Å². The summed E-state index contributed by atoms with van der Waals surface area (Å²) in [6, 6.07) is 0. The summed E-state index contributed by atoms with van der Waals surface area (Å²) in [5, 5.41) is 7.78. The van der Waals surface area contributed by atoms with E-state index in [0.29, 0.717) is 0 Å². The Balaban J connectivity index is 2.21. The smallest absolute Gasteiger partial charge is 0.283 e. The zero-order valence-corrected chi connectivity index (χ0v) is 10.7. The predicted octanol–water partition coefficient (Wildman–Crippen LogP) is 1.32. The third kappa shape index (κ3) is 1.16. The molecule has 3 heterocycles. The van der Waals surface area contributed by atoms with Crippen LogP contribution in [0, 0.1) is 0 Å². The maximum Gasteiger partial charge on any atom is 0.283 e. The number of hydrogen-bond donors (Lipinski definition) is 1. The van der Waals surface area contributed by atoms with Crippen molar-refractivity contribution in [3.63, 3.8) is 0 Å². The average Bonchev–Trinajstić information content (AvgIpc) is 2.62. The molecule has 0 aromatic carbocycles. The minimum Gasteiger partial charge on any atom is -0.288 e. The zero-order valence-electron chi connectivity index (χ0n) is 10.7. The summed E-state index contributed by atoms with van der Waals surface area (Å²) in [7, 11) is 0. The van der Waals surface area contributed by atoms with Crippen LogP contribution in [0.2, 0.25) is 0 Å². The first kappa shape index (κ1) is 10.1. The minimum atomic E-state index is 0.171. The Labute approximate surface area is 96.6 Å². The first-order valence-electron chi connectivity index (χ1n) is 6.18. The number of aromatic nitrogens is 3. The molecule has 1 aromatic rings. The molecule has 0 saturated carbocycles. The Morgan fingerprint density at radius 1 is 1.19 bits per heavy atom. The Bertz CT molecular complexity index is 393. The first-order valence-corrected chi connectivity index (χ1v) is 6.18. The van der Waals surface area contributed by atoms with Crippen molar-refractivity contribution in [2.75, 3.05) is 18.0 Å². The van der Waals surface area contributed by atoms with Crippen molar-refractivity contribution in [2.45, 2.75) is 51.5 Å². The molecule has 4 nitrogen and oxygen atoms in total. The zero-order chi connectivity index (χ0) is 11.6. The molecule has 4 heteroatoms. The molecule has 88 valence electrons. The molecule has 1 aromatic heterocycles. The summed E-state index contributed by atoms with van der Waals surface area (Å²) in [6.07, 6.45) is 2.39. The highest BCUT2D eigenvalue weighted by molar-refractivity contribution is 5.46. The van der Waals surface area contributed by atoms with Gasteiger partial charge in [-0.1, -0.05) is 13.8 Å². The van der Waals surface area contributed by atoms with Gasteiger partial charge in [0.1, 0.15) is 5.54 Å². The maximum atomic E-state index is 4.56. The van der Waals surface area contributed by atoms with Gasteiger partial charge < -0.3 is 0 Å². The lowest BCUT2D eigenvalue weighted by molar-refractivity contribution is -0.802. The Kier molecular flexibility index (Phi) is 1.76. The highest BCUT2D eigenvalue weighted by atomic mass is 15.5. The summed E-state index contributed by atoms with van der Waals surface area (Å²) in [6.45, 7) is 11.5. The predicted molar refractivity (Wildman–Crippen MR) is 62.6 cm³/mol. The molecule has 0 saturated heterocycles. The van der Waals surface area contributed by atoms with E-state index in [4.69, 9.17) is 0 Å². The third-order valence-corrected chi connectivity index (χ3v) is 4.23. The lowest BCUT2D eigenvalue weighted by Crippen LogP contribution is -2.63. The van der Waals surface area contributed by atoms with E-state index in [0.717, 1.165) is 13.1 Å². The second-order valence-corrected chi connectivity index (χ2v) is 6.40. The summed E-state index contributed by atoms with van der Waals surface area (Å²) in [5.74, 6) is 1.33. The molecular weight excluding hydrogens is 200 g/mol. The molecule has 0 amide bonds. The number of H-pyrrole nitrogens is 1. The highest BCUT2D eigenvalue weighted by Gasteiger charge is 2.48. The van der Waals surface area contributed by atoms with Crippen LogP contribution >= 0.6 is 0 Å². The van der Waals surface area contributed by atoms with Gasteiger partial charge in [0.25, 0.3) is 5.82 Å². The molecule has 0 bridgehead atoms. The van der Waals surface area contributed by atoms with Crippen LogP contribution in [0.5, 0.6) is 0 Å². The van der Waals surface area contributed by atoms with Crippen LogP contribution in [0.4, 0.5) is 5.82 Å². The first-order chi connectivity index (χ1) is 7.42. The molecule has 3 rings (SSSR count). The standard InChI is InChI=1S/C12H20N4/c1-11(2)5-7-15-8-6-12(3,4)16-10(15)9(11)13-14-16/h5-8H2,1-4H3/p+1. The van der Waals surface area contributed by atoms with E-state index in [1.54, 1.807) is 0 Å². The van der Waals surface area contributed by atoms with E-state index < -0.39 is 0 Å². The van der Waals surface area contributed by atoms with Crippen LogP contribution in [0.15, 0.2) is 0 Å². The normalized spacial score (nSPS) is 25.4. The van der Waals surface area contributed by atoms with Crippen LogP contribution in [0.1, 0.15) is 46.2 Å². The Morgan fingerprint density at radius 3 is 2.62 bits per heavy atom. The third-order valence-electron chi connectivity index (χ3n) is 4.23. The number of nitrogens with one attached hydrogen (secondary N) is 1. The maximum absolute atomic E-state index is 4.56. The second-order valence-electron chi connectivity index (χ2n) is 6.40. The van der Waals surface area contributed by atoms with E-state index in [-0.39, 0.29) is 11.0 Å². The van der Waals surface area contributed by atoms with Gasteiger partial charge in [-0.05, 0) is 25.4 Å². The average molecular weight is 221 g/mol. The van der Waals surface area contributed by atoms with E-state index in [1.807, 2.05) is 0 Å². The van der Waals surface area contributed by atoms with Gasteiger partial charge in [0.15, 0.2) is 0 Å². The van der Waals surface area contributed by atoms with Crippen LogP contribution in [-0.2, 0) is 11.0 Å². The molecular formula is C12H21N4+. The lowest BCUT2D eigenvalue weighted by Gasteiger charge is -2.38. The topological polar surface area (TPSA) is 35.8 Å². The SMILES string of the molecule is CC1(C)CCN2CCC(C)(C)[n+]3[nH]nc1c32. The van der Waals surface area contributed by atoms with Crippen molar-refractivity contribution in [2.24, 2.45) is 0 Å². The van der Waals surface area contributed by atoms with Crippen molar-refractivity contribution in [3.05, 3.63) is 5.69 Å². The van der Waals surface area contributed by atoms with Crippen LogP contribution in [0.25, 0.3) is 0 Å². The van der Waals surface area contributed by atoms with Crippen molar-refractivity contribution in [1.82, 2.24) is 10.3 Å². The quantitative estimate of drug-likeness (QED) is 0.671. The number of hydrogen-bond acceptors (Lipinski definition) is 2. The molecule has 0 atom stereocenters. The summed E-state index contributed by atoms with van der Waals surface area (Å²) in [5.41, 5.74) is 1.62. The second kappa shape index (κ2) is 2.79. The van der Waals surface area contributed by atoms with Gasteiger partial charge in [-0.3, -0.25) is 4.90 Å². The fraction of sp³-hybridized carbons (Fsp3) is 0.833. The fourth-order valence-corrected chi connectivity index (χ4v) is 2.85. The van der Waals surface area contributed by atoms with Crippen LogP contribution < -0.4 is 9.58 Å². The molecule has 0 fully saturated rings. The number of rotatable bonds is 0.